The Morgan fingerprint density at radius 1 is 1.00 bits per heavy atom. The highest BCUT2D eigenvalue weighted by atomic mass is 16.5. The summed E-state index contributed by atoms with van der Waals surface area (Å²) in [5, 5.41) is 2.37. The average Bonchev–Trinajstić information content (AvgIpc) is 3.02. The molecule has 3 rings (SSSR count). The van der Waals surface area contributed by atoms with Crippen molar-refractivity contribution in [2.45, 2.75) is 26.5 Å². The third kappa shape index (κ3) is 4.80. The third-order valence-electron chi connectivity index (χ3n) is 4.50. The Morgan fingerprint density at radius 2 is 1.65 bits per heavy atom. The fourth-order valence-corrected chi connectivity index (χ4v) is 3.00. The number of hydrogen-bond donors (Lipinski definition) is 1. The van der Waals surface area contributed by atoms with Crippen molar-refractivity contribution in [3.63, 3.8) is 0 Å². The van der Waals surface area contributed by atoms with Gasteiger partial charge in [-0.25, -0.2) is 9.59 Å². The number of amides is 3. The van der Waals surface area contributed by atoms with E-state index >= 15 is 0 Å². The Kier molecular flexibility index (Phi) is 6.49. The zero-order valence-electron chi connectivity index (χ0n) is 17.4. The summed E-state index contributed by atoms with van der Waals surface area (Å²) in [5.41, 5.74) is -0.0268. The standard InChI is InChI=1S/C23H22N2O6/c1-14(2)31-22(28)18(20(26)16-7-5-4-6-8-16)19-21(27)25(23(29)24-19)13-15-9-11-17(30-3)12-10-15/h4-12,14H,13H2,1-3H3,(H,24,29). The van der Waals surface area contributed by atoms with Crippen molar-refractivity contribution in [2.24, 2.45) is 0 Å². The minimum atomic E-state index is -0.973. The first-order chi connectivity index (χ1) is 14.8. The number of imide groups is 1. The molecule has 1 aliphatic rings. The molecule has 1 heterocycles. The lowest BCUT2D eigenvalue weighted by Crippen LogP contribution is -2.30. The molecule has 0 radical (unpaired) electrons. The van der Waals surface area contributed by atoms with Crippen LogP contribution in [-0.4, -0.2) is 41.8 Å². The van der Waals surface area contributed by atoms with E-state index < -0.39 is 41.1 Å². The van der Waals surface area contributed by atoms with E-state index in [0.29, 0.717) is 11.3 Å². The van der Waals surface area contributed by atoms with Gasteiger partial charge in [-0.3, -0.25) is 14.5 Å². The van der Waals surface area contributed by atoms with Crippen LogP contribution >= 0.6 is 0 Å². The van der Waals surface area contributed by atoms with Crippen molar-refractivity contribution in [1.82, 2.24) is 10.2 Å². The van der Waals surface area contributed by atoms with E-state index in [9.17, 15) is 19.2 Å². The number of benzene rings is 2. The Morgan fingerprint density at radius 3 is 2.23 bits per heavy atom. The summed E-state index contributed by atoms with van der Waals surface area (Å²) in [7, 11) is 1.53. The molecule has 1 saturated heterocycles. The van der Waals surface area contributed by atoms with Gasteiger partial charge in [0.1, 0.15) is 17.0 Å². The normalized spacial score (nSPS) is 15.0. The van der Waals surface area contributed by atoms with Crippen molar-refractivity contribution in [3.05, 3.63) is 77.0 Å². The van der Waals surface area contributed by atoms with Crippen LogP contribution in [0.25, 0.3) is 0 Å². The number of esters is 1. The maximum Gasteiger partial charge on any atom is 0.344 e. The van der Waals surface area contributed by atoms with E-state index in [0.717, 1.165) is 4.90 Å². The maximum absolute atomic E-state index is 13.0. The zero-order chi connectivity index (χ0) is 22.5. The van der Waals surface area contributed by atoms with Crippen LogP contribution in [0.2, 0.25) is 0 Å². The highest BCUT2D eigenvalue weighted by Crippen LogP contribution is 2.22. The van der Waals surface area contributed by atoms with Crippen LogP contribution in [0.4, 0.5) is 4.79 Å². The molecule has 0 saturated carbocycles. The van der Waals surface area contributed by atoms with E-state index in [-0.39, 0.29) is 12.1 Å². The lowest BCUT2D eigenvalue weighted by atomic mass is 10.0. The number of nitrogens with one attached hydrogen (secondary N) is 1. The van der Waals surface area contributed by atoms with Gasteiger partial charge in [0.25, 0.3) is 5.91 Å². The second kappa shape index (κ2) is 9.25. The third-order valence-corrected chi connectivity index (χ3v) is 4.50. The van der Waals surface area contributed by atoms with Crippen molar-refractivity contribution in [1.29, 1.82) is 0 Å². The maximum atomic E-state index is 13.0. The van der Waals surface area contributed by atoms with Gasteiger partial charge in [-0.2, -0.15) is 0 Å². The van der Waals surface area contributed by atoms with E-state index in [1.54, 1.807) is 56.3 Å². The summed E-state index contributed by atoms with van der Waals surface area (Å²) < 4.78 is 10.3. The summed E-state index contributed by atoms with van der Waals surface area (Å²) in [6.45, 7) is 3.21. The summed E-state index contributed by atoms with van der Waals surface area (Å²) in [4.78, 5) is 52.2. The number of methoxy groups -OCH3 is 1. The molecular formula is C23H22N2O6. The molecule has 1 aliphatic heterocycles. The average molecular weight is 422 g/mol. The topological polar surface area (TPSA) is 102 Å². The van der Waals surface area contributed by atoms with E-state index in [4.69, 9.17) is 9.47 Å². The Labute approximate surface area is 179 Å². The number of Topliss-reactive ketones (excluding diaryl/α,β-unsaturated/α-hetero) is 1. The first-order valence-electron chi connectivity index (χ1n) is 9.62. The van der Waals surface area contributed by atoms with Crippen LogP contribution in [0, 0.1) is 0 Å². The molecule has 0 unspecified atom stereocenters. The quantitative estimate of drug-likeness (QED) is 0.184. The lowest BCUT2D eigenvalue weighted by Gasteiger charge is -2.13. The number of ether oxygens (including phenoxy) is 2. The molecule has 160 valence electrons. The van der Waals surface area contributed by atoms with Gasteiger partial charge < -0.3 is 14.8 Å². The summed E-state index contributed by atoms with van der Waals surface area (Å²) in [6.07, 6.45) is -0.519. The van der Waals surface area contributed by atoms with Crippen LogP contribution in [-0.2, 0) is 20.9 Å². The fraction of sp³-hybridized carbons (Fsp3) is 0.217. The van der Waals surface area contributed by atoms with Crippen LogP contribution in [0.5, 0.6) is 5.75 Å². The van der Waals surface area contributed by atoms with Gasteiger partial charge in [-0.15, -0.1) is 0 Å². The number of carbonyl (C=O) groups is 4. The summed E-state index contributed by atoms with van der Waals surface area (Å²) >= 11 is 0. The van der Waals surface area contributed by atoms with Gasteiger partial charge in [0.15, 0.2) is 0 Å². The van der Waals surface area contributed by atoms with Crippen molar-refractivity contribution in [3.8, 4) is 5.75 Å². The highest BCUT2D eigenvalue weighted by Gasteiger charge is 2.40. The van der Waals surface area contributed by atoms with Gasteiger partial charge >= 0.3 is 12.0 Å². The Bertz CT molecular complexity index is 1040. The number of carbonyl (C=O) groups excluding carboxylic acids is 4. The number of nitrogens with zero attached hydrogens (tertiary/aromatic N) is 1. The van der Waals surface area contributed by atoms with Gasteiger partial charge in [-0.05, 0) is 31.5 Å². The second-order valence-corrected chi connectivity index (χ2v) is 7.07. The summed E-state index contributed by atoms with van der Waals surface area (Å²) in [5.74, 6) is -1.82. The second-order valence-electron chi connectivity index (χ2n) is 7.07. The van der Waals surface area contributed by atoms with E-state index in [1.165, 1.54) is 19.2 Å². The first kappa shape index (κ1) is 21.8. The van der Waals surface area contributed by atoms with E-state index in [2.05, 4.69) is 5.32 Å². The minimum absolute atomic E-state index is 0.0375. The molecule has 0 atom stereocenters. The van der Waals surface area contributed by atoms with Crippen molar-refractivity contribution < 1.29 is 28.7 Å². The van der Waals surface area contributed by atoms with E-state index in [1.807, 2.05) is 0 Å². The smallest absolute Gasteiger partial charge is 0.344 e. The van der Waals surface area contributed by atoms with Crippen molar-refractivity contribution in [2.75, 3.05) is 7.11 Å². The molecule has 0 spiro atoms. The molecule has 0 aliphatic carbocycles. The number of rotatable bonds is 7. The molecular weight excluding hydrogens is 400 g/mol. The van der Waals surface area contributed by atoms with Crippen LogP contribution in [0.3, 0.4) is 0 Å². The molecule has 0 bridgehead atoms. The minimum Gasteiger partial charge on any atom is -0.497 e. The molecule has 3 amide bonds. The Balaban J connectivity index is 1.97. The first-order valence-corrected chi connectivity index (χ1v) is 9.62. The van der Waals surface area contributed by atoms with Gasteiger partial charge in [0.2, 0.25) is 5.78 Å². The van der Waals surface area contributed by atoms with Crippen LogP contribution in [0.1, 0.15) is 29.8 Å². The van der Waals surface area contributed by atoms with Crippen LogP contribution < -0.4 is 10.1 Å². The van der Waals surface area contributed by atoms with Gasteiger partial charge in [0, 0.05) is 5.56 Å². The van der Waals surface area contributed by atoms with Crippen LogP contribution in [0.15, 0.2) is 65.9 Å². The molecule has 31 heavy (non-hydrogen) atoms. The molecule has 2 aromatic carbocycles. The fourth-order valence-electron chi connectivity index (χ4n) is 3.00. The number of urea groups is 1. The molecule has 1 fully saturated rings. The highest BCUT2D eigenvalue weighted by molar-refractivity contribution is 6.29. The van der Waals surface area contributed by atoms with Gasteiger partial charge in [0.05, 0.1) is 19.8 Å². The SMILES string of the molecule is COc1ccc(CN2C(=O)NC(=C(C(=O)OC(C)C)C(=O)c3ccccc3)C2=O)cc1. The largest absolute Gasteiger partial charge is 0.497 e. The molecule has 2 aromatic rings. The summed E-state index contributed by atoms with van der Waals surface area (Å²) in [6, 6.07) is 14.1. The Hall–Kier alpha value is -3.94. The lowest BCUT2D eigenvalue weighted by molar-refractivity contribution is -0.142. The molecule has 8 nitrogen and oxygen atoms in total. The predicted octanol–water partition coefficient (Wildman–Crippen LogP) is 2.84. The zero-order valence-corrected chi connectivity index (χ0v) is 17.4. The molecule has 1 N–H and O–H groups in total. The number of hydrogen-bond acceptors (Lipinski definition) is 6. The molecule has 0 aromatic heterocycles. The predicted molar refractivity (Wildman–Crippen MR) is 111 cm³/mol. The monoisotopic (exact) mass is 422 g/mol. The van der Waals surface area contributed by atoms with Crippen molar-refractivity contribution >= 4 is 23.7 Å². The molecule has 8 heteroatoms. The van der Waals surface area contributed by atoms with Gasteiger partial charge in [-0.1, -0.05) is 42.5 Å². The number of ketones is 1.